The van der Waals surface area contributed by atoms with E-state index in [-0.39, 0.29) is 0 Å². The average molecular weight is 262 g/mol. The number of imidazole rings is 1. The maximum Gasteiger partial charge on any atom is 0.139 e. The van der Waals surface area contributed by atoms with Gasteiger partial charge in [-0.1, -0.05) is 23.7 Å². The van der Waals surface area contributed by atoms with Crippen LogP contribution in [0.2, 0.25) is 5.02 Å². The summed E-state index contributed by atoms with van der Waals surface area (Å²) >= 11 is 6.22. The lowest BCUT2D eigenvalue weighted by Gasteiger charge is -1.99. The summed E-state index contributed by atoms with van der Waals surface area (Å²) in [4.78, 5) is 8.14. The van der Waals surface area contributed by atoms with Gasteiger partial charge in [0.05, 0.1) is 16.4 Å². The third-order valence-electron chi connectivity index (χ3n) is 3.26. The quantitative estimate of drug-likeness (QED) is 0.886. The first kappa shape index (κ1) is 11.8. The van der Waals surface area contributed by atoms with Gasteiger partial charge in [-0.05, 0) is 32.0 Å². The van der Waals surface area contributed by atoms with Gasteiger partial charge in [-0.15, -0.1) is 0 Å². The lowest BCUT2D eigenvalue weighted by atomic mass is 10.2. The molecule has 1 saturated carbocycles. The number of hydrogen-bond donors (Lipinski definition) is 2. The molecule has 0 unspecified atom stereocenters. The Hall–Kier alpha value is -1.32. The topological polar surface area (TPSA) is 40.7 Å². The Labute approximate surface area is 112 Å². The minimum Gasteiger partial charge on any atom is -0.340 e. The minimum atomic E-state index is 0.640. The minimum absolute atomic E-state index is 0.640. The van der Waals surface area contributed by atoms with E-state index < -0.39 is 0 Å². The third-order valence-corrected chi connectivity index (χ3v) is 3.59. The molecule has 1 fully saturated rings. The molecule has 0 aliphatic heterocycles. The summed E-state index contributed by atoms with van der Waals surface area (Å²) in [6.45, 7) is 0.823. The molecule has 1 aliphatic rings. The van der Waals surface area contributed by atoms with Crippen LogP contribution in [0.4, 0.5) is 0 Å². The van der Waals surface area contributed by atoms with Crippen molar-refractivity contribution in [3.05, 3.63) is 40.7 Å². The van der Waals surface area contributed by atoms with Crippen molar-refractivity contribution in [1.29, 1.82) is 0 Å². The number of aromatic nitrogens is 2. The zero-order chi connectivity index (χ0) is 12.5. The van der Waals surface area contributed by atoms with E-state index in [9.17, 15) is 0 Å². The first-order valence-corrected chi connectivity index (χ1v) is 6.65. The van der Waals surface area contributed by atoms with Crippen molar-refractivity contribution in [1.82, 2.24) is 15.3 Å². The van der Waals surface area contributed by atoms with Gasteiger partial charge >= 0.3 is 0 Å². The van der Waals surface area contributed by atoms with Crippen LogP contribution in [0.5, 0.6) is 0 Å². The molecule has 1 heterocycles. The van der Waals surface area contributed by atoms with E-state index in [4.69, 9.17) is 16.6 Å². The van der Waals surface area contributed by atoms with Crippen molar-refractivity contribution < 1.29 is 0 Å². The molecule has 3 rings (SSSR count). The van der Waals surface area contributed by atoms with Gasteiger partial charge in [0.15, 0.2) is 0 Å². The molecule has 2 N–H and O–H groups in total. The van der Waals surface area contributed by atoms with E-state index in [0.29, 0.717) is 5.92 Å². The Balaban J connectivity index is 2.02. The summed E-state index contributed by atoms with van der Waals surface area (Å²) in [5.41, 5.74) is 3.37. The number of hydrogen-bond acceptors (Lipinski definition) is 2. The predicted molar refractivity (Wildman–Crippen MR) is 73.8 cm³/mol. The number of rotatable bonds is 4. The molecule has 18 heavy (non-hydrogen) atoms. The molecule has 0 bridgehead atoms. The van der Waals surface area contributed by atoms with Crippen LogP contribution in [-0.4, -0.2) is 17.0 Å². The van der Waals surface area contributed by atoms with Crippen molar-refractivity contribution in [2.75, 3.05) is 7.05 Å². The molecule has 0 spiro atoms. The maximum absolute atomic E-state index is 6.22. The fourth-order valence-corrected chi connectivity index (χ4v) is 2.43. The van der Waals surface area contributed by atoms with E-state index in [0.717, 1.165) is 23.0 Å². The lowest BCUT2D eigenvalue weighted by Crippen LogP contribution is -2.07. The van der Waals surface area contributed by atoms with Gasteiger partial charge in [-0.3, -0.25) is 0 Å². The molecule has 1 aromatic carbocycles. The molecule has 1 aromatic heterocycles. The van der Waals surface area contributed by atoms with Crippen molar-refractivity contribution >= 4 is 11.6 Å². The van der Waals surface area contributed by atoms with Crippen molar-refractivity contribution in [2.24, 2.45) is 0 Å². The van der Waals surface area contributed by atoms with Crippen LogP contribution in [0.1, 0.15) is 30.1 Å². The van der Waals surface area contributed by atoms with Gasteiger partial charge in [0.1, 0.15) is 5.82 Å². The summed E-state index contributed by atoms with van der Waals surface area (Å²) in [6.07, 6.45) is 2.51. The van der Waals surface area contributed by atoms with E-state index in [1.165, 1.54) is 24.2 Å². The maximum atomic E-state index is 6.22. The van der Waals surface area contributed by atoms with Gasteiger partial charge in [0.2, 0.25) is 0 Å². The van der Waals surface area contributed by atoms with Crippen LogP contribution in [0.15, 0.2) is 24.3 Å². The summed E-state index contributed by atoms with van der Waals surface area (Å²) in [6, 6.07) is 7.82. The summed E-state index contributed by atoms with van der Waals surface area (Å²) < 4.78 is 0. The lowest BCUT2D eigenvalue weighted by molar-refractivity contribution is 0.782. The number of nitrogens with one attached hydrogen (secondary N) is 2. The molecule has 4 heteroatoms. The van der Waals surface area contributed by atoms with Gasteiger partial charge in [0.25, 0.3) is 0 Å². The molecule has 0 saturated heterocycles. The molecule has 3 nitrogen and oxygen atoms in total. The van der Waals surface area contributed by atoms with Crippen molar-refractivity contribution in [3.63, 3.8) is 0 Å². The van der Waals surface area contributed by atoms with Crippen LogP contribution < -0.4 is 5.32 Å². The van der Waals surface area contributed by atoms with Crippen LogP contribution in [-0.2, 0) is 6.54 Å². The molecule has 0 atom stereocenters. The second-order valence-electron chi connectivity index (χ2n) is 4.73. The van der Waals surface area contributed by atoms with Gasteiger partial charge < -0.3 is 10.3 Å². The number of halogens is 1. The highest BCUT2D eigenvalue weighted by Gasteiger charge is 2.29. The predicted octanol–water partition coefficient (Wildman–Crippen LogP) is 3.33. The third kappa shape index (κ3) is 2.16. The highest BCUT2D eigenvalue weighted by molar-refractivity contribution is 6.33. The van der Waals surface area contributed by atoms with E-state index in [1.54, 1.807) is 0 Å². The Morgan fingerprint density at radius 3 is 2.83 bits per heavy atom. The largest absolute Gasteiger partial charge is 0.340 e. The SMILES string of the molecule is CNCc1[nH]c(-c2ccccc2Cl)nc1C1CC1. The van der Waals surface area contributed by atoms with Crippen LogP contribution in [0, 0.1) is 0 Å². The van der Waals surface area contributed by atoms with Crippen molar-refractivity contribution in [3.8, 4) is 11.4 Å². The van der Waals surface area contributed by atoms with Gasteiger partial charge in [-0.2, -0.15) is 0 Å². The second kappa shape index (κ2) is 4.75. The molecule has 2 aromatic rings. The zero-order valence-electron chi connectivity index (χ0n) is 10.3. The number of H-pyrrole nitrogens is 1. The highest BCUT2D eigenvalue weighted by Crippen LogP contribution is 2.41. The van der Waals surface area contributed by atoms with Crippen LogP contribution in [0.3, 0.4) is 0 Å². The Bertz CT molecular complexity index is 558. The number of nitrogens with zero attached hydrogens (tertiary/aromatic N) is 1. The molecule has 0 amide bonds. The van der Waals surface area contributed by atoms with E-state index in [1.807, 2.05) is 31.3 Å². The first-order chi connectivity index (χ1) is 8.79. The summed E-state index contributed by atoms with van der Waals surface area (Å²) in [7, 11) is 1.95. The number of aromatic amines is 1. The monoisotopic (exact) mass is 261 g/mol. The zero-order valence-corrected chi connectivity index (χ0v) is 11.1. The normalized spacial score (nSPS) is 15.0. The molecular weight excluding hydrogens is 246 g/mol. The second-order valence-corrected chi connectivity index (χ2v) is 5.14. The Morgan fingerprint density at radius 1 is 1.39 bits per heavy atom. The van der Waals surface area contributed by atoms with Gasteiger partial charge in [0, 0.05) is 18.0 Å². The van der Waals surface area contributed by atoms with Crippen molar-refractivity contribution in [2.45, 2.75) is 25.3 Å². The molecule has 0 radical (unpaired) electrons. The average Bonchev–Trinajstić information content (AvgIpc) is 3.13. The smallest absolute Gasteiger partial charge is 0.139 e. The summed E-state index contributed by atoms with van der Waals surface area (Å²) in [5, 5.41) is 3.92. The van der Waals surface area contributed by atoms with Crippen LogP contribution >= 0.6 is 11.6 Å². The highest BCUT2D eigenvalue weighted by atomic mass is 35.5. The van der Waals surface area contributed by atoms with Gasteiger partial charge in [-0.25, -0.2) is 4.98 Å². The van der Waals surface area contributed by atoms with Crippen LogP contribution in [0.25, 0.3) is 11.4 Å². The fourth-order valence-electron chi connectivity index (χ4n) is 2.21. The molecular formula is C14H16ClN3. The Morgan fingerprint density at radius 2 is 2.17 bits per heavy atom. The standard InChI is InChI=1S/C14H16ClN3/c1-16-8-12-13(9-6-7-9)18-14(17-12)10-4-2-3-5-11(10)15/h2-5,9,16H,6-8H2,1H3,(H,17,18). The first-order valence-electron chi connectivity index (χ1n) is 6.28. The van der Waals surface area contributed by atoms with E-state index in [2.05, 4.69) is 10.3 Å². The molecule has 94 valence electrons. The van der Waals surface area contributed by atoms with E-state index >= 15 is 0 Å². The Kier molecular flexibility index (Phi) is 3.10. The molecule has 1 aliphatic carbocycles. The fraction of sp³-hybridized carbons (Fsp3) is 0.357. The summed E-state index contributed by atoms with van der Waals surface area (Å²) in [5.74, 6) is 1.52. The number of benzene rings is 1.